The number of H-pyrrole nitrogens is 1. The third-order valence-corrected chi connectivity index (χ3v) is 3.73. The SMILES string of the molecule is Nc1nc(=S)c2ncn(C3OC(CO)C4OC43)c2[nH]1. The predicted octanol–water partition coefficient (Wildman–Crippen LogP) is -0.272. The first-order valence-corrected chi connectivity index (χ1v) is 6.24. The van der Waals surface area contributed by atoms with E-state index in [2.05, 4.69) is 15.0 Å². The molecule has 9 heteroatoms. The Morgan fingerprint density at radius 2 is 2.32 bits per heavy atom. The second-order valence-corrected chi connectivity index (χ2v) is 4.98. The van der Waals surface area contributed by atoms with Crippen LogP contribution in [0.1, 0.15) is 6.23 Å². The Morgan fingerprint density at radius 3 is 3.05 bits per heavy atom. The van der Waals surface area contributed by atoms with Crippen LogP contribution in [0.2, 0.25) is 0 Å². The van der Waals surface area contributed by atoms with Crippen LogP contribution in [0.15, 0.2) is 6.33 Å². The van der Waals surface area contributed by atoms with Gasteiger partial charge in [0.25, 0.3) is 0 Å². The van der Waals surface area contributed by atoms with Crippen molar-refractivity contribution in [1.29, 1.82) is 0 Å². The van der Waals surface area contributed by atoms with Crippen molar-refractivity contribution in [3.63, 3.8) is 0 Å². The summed E-state index contributed by atoms with van der Waals surface area (Å²) in [5.74, 6) is 0.226. The van der Waals surface area contributed by atoms with Crippen molar-refractivity contribution in [2.75, 3.05) is 12.3 Å². The molecule has 2 aliphatic rings. The molecule has 0 aliphatic carbocycles. The number of nitrogens with two attached hydrogens (primary N) is 1. The summed E-state index contributed by atoms with van der Waals surface area (Å²) in [6.45, 7) is -0.0655. The molecule has 2 aromatic heterocycles. The predicted molar refractivity (Wildman–Crippen MR) is 66.8 cm³/mol. The maximum atomic E-state index is 9.20. The molecular weight excluding hydrogens is 270 g/mol. The minimum Gasteiger partial charge on any atom is -0.394 e. The summed E-state index contributed by atoms with van der Waals surface area (Å²) in [4.78, 5) is 11.1. The first kappa shape index (κ1) is 11.3. The molecule has 2 aliphatic heterocycles. The van der Waals surface area contributed by atoms with Crippen LogP contribution in [0.5, 0.6) is 0 Å². The molecule has 0 spiro atoms. The van der Waals surface area contributed by atoms with E-state index in [1.807, 2.05) is 0 Å². The van der Waals surface area contributed by atoms with Crippen LogP contribution >= 0.6 is 12.2 Å². The normalized spacial score (nSPS) is 32.7. The zero-order valence-corrected chi connectivity index (χ0v) is 10.5. The van der Waals surface area contributed by atoms with Crippen LogP contribution in [0.3, 0.4) is 0 Å². The summed E-state index contributed by atoms with van der Waals surface area (Å²) >= 11 is 5.12. The number of nitrogens with one attached hydrogen (secondary N) is 1. The Bertz CT molecular complexity index is 713. The molecule has 0 radical (unpaired) electrons. The van der Waals surface area contributed by atoms with Crippen molar-refractivity contribution in [3.05, 3.63) is 11.0 Å². The smallest absolute Gasteiger partial charge is 0.200 e. The number of fused-ring (bicyclic) bond motifs is 2. The van der Waals surface area contributed by atoms with Gasteiger partial charge in [-0.05, 0) is 0 Å². The molecule has 4 heterocycles. The van der Waals surface area contributed by atoms with E-state index in [1.165, 1.54) is 0 Å². The Morgan fingerprint density at radius 1 is 1.47 bits per heavy atom. The molecule has 2 fully saturated rings. The number of aliphatic hydroxyl groups is 1. The van der Waals surface area contributed by atoms with Gasteiger partial charge in [-0.3, -0.25) is 4.57 Å². The number of rotatable bonds is 2. The Balaban J connectivity index is 1.82. The van der Waals surface area contributed by atoms with Gasteiger partial charge in [-0.1, -0.05) is 12.2 Å². The maximum Gasteiger partial charge on any atom is 0.200 e. The number of epoxide rings is 1. The van der Waals surface area contributed by atoms with Gasteiger partial charge in [-0.15, -0.1) is 0 Å². The molecule has 4 N–H and O–H groups in total. The quantitative estimate of drug-likeness (QED) is 0.512. The summed E-state index contributed by atoms with van der Waals surface area (Å²) in [5, 5.41) is 9.20. The second-order valence-electron chi connectivity index (χ2n) is 4.59. The molecule has 4 atom stereocenters. The van der Waals surface area contributed by atoms with Crippen LogP contribution in [0, 0.1) is 4.64 Å². The topological polar surface area (TPSA) is 115 Å². The summed E-state index contributed by atoms with van der Waals surface area (Å²) < 4.78 is 13.3. The van der Waals surface area contributed by atoms with Gasteiger partial charge in [0.15, 0.2) is 16.8 Å². The number of aromatic nitrogens is 4. The summed E-state index contributed by atoms with van der Waals surface area (Å²) in [6.07, 6.45) is 0.871. The van der Waals surface area contributed by atoms with Crippen molar-refractivity contribution in [2.24, 2.45) is 0 Å². The van der Waals surface area contributed by atoms with Gasteiger partial charge in [-0.25, -0.2) is 9.97 Å². The maximum absolute atomic E-state index is 9.20. The Kier molecular flexibility index (Phi) is 2.22. The van der Waals surface area contributed by atoms with Gasteiger partial charge in [0.05, 0.1) is 12.9 Å². The zero-order valence-electron chi connectivity index (χ0n) is 9.68. The molecule has 4 rings (SSSR count). The molecule has 19 heavy (non-hydrogen) atoms. The molecule has 8 nitrogen and oxygen atoms in total. The van der Waals surface area contributed by atoms with Crippen molar-refractivity contribution >= 4 is 29.3 Å². The number of nitrogen functional groups attached to an aromatic ring is 1. The van der Waals surface area contributed by atoms with Gasteiger partial charge in [0.2, 0.25) is 0 Å². The van der Waals surface area contributed by atoms with E-state index < -0.39 is 0 Å². The van der Waals surface area contributed by atoms with E-state index in [0.717, 1.165) is 0 Å². The molecule has 0 saturated carbocycles. The van der Waals surface area contributed by atoms with E-state index in [9.17, 15) is 5.11 Å². The average Bonchev–Trinajstić information content (AvgIpc) is 2.91. The van der Waals surface area contributed by atoms with Crippen molar-refractivity contribution in [1.82, 2.24) is 19.5 Å². The van der Waals surface area contributed by atoms with Crippen LogP contribution in [0.25, 0.3) is 11.2 Å². The first-order valence-electron chi connectivity index (χ1n) is 5.83. The highest BCUT2D eigenvalue weighted by Gasteiger charge is 2.58. The molecule has 2 aromatic rings. The minimum absolute atomic E-state index is 0.0467. The number of anilines is 1. The Labute approximate surface area is 112 Å². The molecule has 0 amide bonds. The van der Waals surface area contributed by atoms with Gasteiger partial charge in [0, 0.05) is 0 Å². The molecule has 100 valence electrons. The fraction of sp³-hybridized carbons (Fsp3) is 0.500. The molecule has 0 aromatic carbocycles. The van der Waals surface area contributed by atoms with Crippen LogP contribution in [-0.2, 0) is 9.47 Å². The molecule has 0 bridgehead atoms. The van der Waals surface area contributed by atoms with Crippen LogP contribution < -0.4 is 5.73 Å². The molecule has 4 unspecified atom stereocenters. The highest BCUT2D eigenvalue weighted by atomic mass is 32.1. The first-order chi connectivity index (χ1) is 9.19. The summed E-state index contributed by atoms with van der Waals surface area (Å²) in [6, 6.07) is 0. The van der Waals surface area contributed by atoms with Crippen molar-refractivity contribution < 1.29 is 14.6 Å². The third kappa shape index (κ3) is 1.53. The lowest BCUT2D eigenvalue weighted by atomic mass is 10.2. The minimum atomic E-state index is -0.334. The Hall–Kier alpha value is -1.55. The number of aliphatic hydroxyl groups excluding tert-OH is 1. The van der Waals surface area contributed by atoms with Crippen LogP contribution in [0.4, 0.5) is 5.95 Å². The lowest BCUT2D eigenvalue weighted by Gasteiger charge is -2.17. The average molecular weight is 281 g/mol. The highest BCUT2D eigenvalue weighted by Crippen LogP contribution is 2.45. The van der Waals surface area contributed by atoms with E-state index in [4.69, 9.17) is 27.4 Å². The number of nitrogens with zero attached hydrogens (tertiary/aromatic N) is 3. The fourth-order valence-electron chi connectivity index (χ4n) is 2.52. The molecular formula is C10H11N5O3S. The third-order valence-electron chi connectivity index (χ3n) is 3.44. The second kappa shape index (κ2) is 3.73. The number of aromatic amines is 1. The van der Waals surface area contributed by atoms with Gasteiger partial charge >= 0.3 is 0 Å². The van der Waals surface area contributed by atoms with Gasteiger partial charge < -0.3 is 25.3 Å². The summed E-state index contributed by atoms with van der Waals surface area (Å²) in [5.41, 5.74) is 6.88. The zero-order chi connectivity index (χ0) is 13.1. The number of hydrogen-bond acceptors (Lipinski definition) is 7. The lowest BCUT2D eigenvalue weighted by Crippen LogP contribution is -2.22. The van der Waals surface area contributed by atoms with E-state index in [1.54, 1.807) is 10.9 Å². The fourth-order valence-corrected chi connectivity index (χ4v) is 2.76. The van der Waals surface area contributed by atoms with Gasteiger partial charge in [0.1, 0.15) is 29.5 Å². The largest absolute Gasteiger partial charge is 0.394 e. The monoisotopic (exact) mass is 281 g/mol. The van der Waals surface area contributed by atoms with Gasteiger partial charge in [-0.2, -0.15) is 0 Å². The molecule has 2 saturated heterocycles. The summed E-state index contributed by atoms with van der Waals surface area (Å²) in [7, 11) is 0. The van der Waals surface area contributed by atoms with E-state index in [0.29, 0.717) is 15.8 Å². The van der Waals surface area contributed by atoms with Crippen molar-refractivity contribution in [3.8, 4) is 0 Å². The van der Waals surface area contributed by atoms with Crippen molar-refractivity contribution in [2.45, 2.75) is 24.5 Å². The van der Waals surface area contributed by atoms with E-state index in [-0.39, 0.29) is 37.1 Å². The lowest BCUT2D eigenvalue weighted by molar-refractivity contribution is -0.0823. The number of ether oxygens (including phenoxy) is 2. The van der Waals surface area contributed by atoms with E-state index >= 15 is 0 Å². The highest BCUT2D eigenvalue weighted by molar-refractivity contribution is 7.71. The standard InChI is InChI=1S/C10H11N5O3S/c11-10-13-7-4(8(19)14-10)12-2-15(7)9-6-5(18-6)3(1-16)17-9/h2-3,5-6,9,16H,1H2,(H3,11,13,14,19). The number of imidazole rings is 1. The van der Waals surface area contributed by atoms with Crippen LogP contribution in [-0.4, -0.2) is 49.5 Å². The number of hydrogen-bond donors (Lipinski definition) is 3.